The number of ether oxygens (including phenoxy) is 1. The summed E-state index contributed by atoms with van der Waals surface area (Å²) in [5.41, 5.74) is 0.565. The molecule has 0 aliphatic heterocycles. The standard InChI is InChI=1S/C14H22N2O2/c1-6-16(5)14(17)18-13-9-7-8-12(10-13)11(2)15(3)4/h7-11H,6H2,1-5H3/t11-/m0/s1/i1+1D3,3+1D3,6D2. The van der Waals surface area contributed by atoms with E-state index in [0.717, 1.165) is 7.05 Å². The summed E-state index contributed by atoms with van der Waals surface area (Å²) in [6, 6.07) is 5.59. The SMILES string of the molecule is [2H]C([2H])(N(C)C(=O)Oc1cccc([C@H](C)N(C)[13C]([2H])([2H])[2H])c1)[13C]([2H])([2H])[2H]. The van der Waals surface area contributed by atoms with Gasteiger partial charge in [0, 0.05) is 30.6 Å². The van der Waals surface area contributed by atoms with E-state index in [-0.39, 0.29) is 5.75 Å². The number of benzene rings is 1. The second-order valence-electron chi connectivity index (χ2n) is 3.90. The molecule has 0 aliphatic carbocycles. The summed E-state index contributed by atoms with van der Waals surface area (Å²) in [4.78, 5) is 13.6. The number of carbonyl (C=O) groups is 1. The molecule has 0 aliphatic rings. The van der Waals surface area contributed by atoms with E-state index in [2.05, 4.69) is 0 Å². The molecular weight excluding hydrogens is 230 g/mol. The maximum absolute atomic E-state index is 12.1. The lowest BCUT2D eigenvalue weighted by Gasteiger charge is -2.21. The molecule has 0 saturated carbocycles. The Bertz CT molecular complexity index is 645. The number of nitrogens with zero attached hydrogens (tertiary/aromatic N) is 2. The minimum absolute atomic E-state index is 0.0477. The summed E-state index contributed by atoms with van der Waals surface area (Å²) >= 11 is 0. The molecule has 1 rings (SSSR count). The van der Waals surface area contributed by atoms with E-state index in [4.69, 9.17) is 15.7 Å². The van der Waals surface area contributed by atoms with Gasteiger partial charge in [0.2, 0.25) is 0 Å². The van der Waals surface area contributed by atoms with Crippen LogP contribution in [0.2, 0.25) is 0 Å². The first-order chi connectivity index (χ1) is 11.6. The molecular formula is C14H22N2O2. The molecule has 4 heteroatoms. The van der Waals surface area contributed by atoms with Crippen LogP contribution in [0.15, 0.2) is 24.3 Å². The summed E-state index contributed by atoms with van der Waals surface area (Å²) < 4.78 is 64.1. The molecule has 0 aromatic heterocycles. The molecule has 0 bridgehead atoms. The maximum atomic E-state index is 12.1. The summed E-state index contributed by atoms with van der Waals surface area (Å²) in [6.45, 7) is -6.58. The molecule has 0 spiro atoms. The molecule has 100 valence electrons. The van der Waals surface area contributed by atoms with Gasteiger partial charge in [-0.2, -0.15) is 0 Å². The first kappa shape index (κ1) is 6.57. The molecule has 0 fully saturated rings. The molecule has 0 N–H and O–H groups in total. The maximum Gasteiger partial charge on any atom is 0.414 e. The van der Waals surface area contributed by atoms with Crippen LogP contribution in [0, 0.1) is 0 Å². The lowest BCUT2D eigenvalue weighted by atomic mass is 10.1. The van der Waals surface area contributed by atoms with E-state index in [1.165, 1.54) is 24.1 Å². The van der Waals surface area contributed by atoms with Crippen molar-refractivity contribution in [3.05, 3.63) is 29.8 Å². The number of rotatable bonds is 4. The van der Waals surface area contributed by atoms with Gasteiger partial charge in [-0.1, -0.05) is 12.1 Å². The zero-order valence-electron chi connectivity index (χ0n) is 18.6. The van der Waals surface area contributed by atoms with Gasteiger partial charge < -0.3 is 14.5 Å². The predicted molar refractivity (Wildman–Crippen MR) is 72.9 cm³/mol. The lowest BCUT2D eigenvalue weighted by molar-refractivity contribution is 0.165. The third-order valence-electron chi connectivity index (χ3n) is 2.57. The van der Waals surface area contributed by atoms with Crippen molar-refractivity contribution in [3.8, 4) is 5.75 Å². The van der Waals surface area contributed by atoms with Crippen LogP contribution < -0.4 is 4.74 Å². The van der Waals surface area contributed by atoms with Crippen LogP contribution in [0.4, 0.5) is 4.79 Å². The number of hydrogen-bond acceptors (Lipinski definition) is 3. The van der Waals surface area contributed by atoms with Crippen molar-refractivity contribution in [2.24, 2.45) is 0 Å². The van der Waals surface area contributed by atoms with E-state index in [9.17, 15) is 4.79 Å². The highest BCUT2D eigenvalue weighted by Crippen LogP contribution is 2.22. The normalized spacial score (nSPS) is 21.1. The van der Waals surface area contributed by atoms with Crippen LogP contribution >= 0.6 is 0 Å². The van der Waals surface area contributed by atoms with Crippen molar-refractivity contribution in [2.75, 3.05) is 27.6 Å². The molecule has 0 unspecified atom stereocenters. The first-order valence-corrected chi connectivity index (χ1v) is 5.37. The van der Waals surface area contributed by atoms with E-state index in [1.807, 2.05) is 0 Å². The van der Waals surface area contributed by atoms with Crippen molar-refractivity contribution in [2.45, 2.75) is 19.8 Å². The Labute approximate surface area is 120 Å². The number of hydrogen-bond donors (Lipinski definition) is 0. The molecule has 1 amide bonds. The highest BCUT2D eigenvalue weighted by Gasteiger charge is 2.12. The molecule has 0 saturated heterocycles. The minimum Gasteiger partial charge on any atom is -0.410 e. The summed E-state index contributed by atoms with van der Waals surface area (Å²) in [5.74, 6) is 0.0477. The van der Waals surface area contributed by atoms with Crippen molar-refractivity contribution < 1.29 is 20.5 Å². The molecule has 1 aromatic carbocycles. The topological polar surface area (TPSA) is 32.8 Å². The fraction of sp³-hybridized carbons (Fsp3) is 0.500. The Kier molecular flexibility index (Phi) is 2.34. The summed E-state index contributed by atoms with van der Waals surface area (Å²) in [7, 11) is 2.43. The average molecular weight is 260 g/mol. The summed E-state index contributed by atoms with van der Waals surface area (Å²) in [5, 5.41) is 0. The predicted octanol–water partition coefficient (Wildman–Crippen LogP) is 2.76. The molecule has 0 radical (unpaired) electrons. The fourth-order valence-electron chi connectivity index (χ4n) is 1.28. The molecule has 4 nitrogen and oxygen atoms in total. The second-order valence-corrected chi connectivity index (χ2v) is 3.90. The largest absolute Gasteiger partial charge is 0.414 e. The molecule has 18 heavy (non-hydrogen) atoms. The Morgan fingerprint density at radius 2 is 2.33 bits per heavy atom. The zero-order valence-corrected chi connectivity index (χ0v) is 10.6. The van der Waals surface area contributed by atoms with Crippen LogP contribution in [-0.2, 0) is 0 Å². The van der Waals surface area contributed by atoms with Crippen LogP contribution in [0.5, 0.6) is 5.75 Å². The van der Waals surface area contributed by atoms with Gasteiger partial charge in [-0.05, 0) is 45.5 Å². The lowest BCUT2D eigenvalue weighted by Crippen LogP contribution is -2.29. The minimum atomic E-state index is -3.04. The average Bonchev–Trinajstić information content (AvgIpc) is 2.50. The van der Waals surface area contributed by atoms with Gasteiger partial charge >= 0.3 is 6.09 Å². The molecule has 1 aromatic rings. The Hall–Kier alpha value is -1.55. The van der Waals surface area contributed by atoms with Gasteiger partial charge in [-0.25, -0.2) is 4.79 Å². The van der Waals surface area contributed by atoms with Gasteiger partial charge in [0.15, 0.2) is 0 Å². The van der Waals surface area contributed by atoms with Gasteiger partial charge in [-0.3, -0.25) is 0 Å². The highest BCUT2D eigenvalue weighted by molar-refractivity contribution is 5.70. The van der Waals surface area contributed by atoms with Gasteiger partial charge in [0.05, 0.1) is 0 Å². The Morgan fingerprint density at radius 3 is 3.00 bits per heavy atom. The number of carbonyl (C=O) groups excluding carboxylic acids is 1. The van der Waals surface area contributed by atoms with Crippen LogP contribution in [0.1, 0.15) is 36.3 Å². The fourth-order valence-corrected chi connectivity index (χ4v) is 1.28. The van der Waals surface area contributed by atoms with E-state index in [0.29, 0.717) is 10.5 Å². The summed E-state index contributed by atoms with van der Waals surface area (Å²) in [6.07, 6.45) is -1.18. The Balaban J connectivity index is 2.98. The van der Waals surface area contributed by atoms with Crippen LogP contribution in [0.25, 0.3) is 0 Å². The van der Waals surface area contributed by atoms with Gasteiger partial charge in [-0.15, -0.1) is 0 Å². The van der Waals surface area contributed by atoms with E-state index in [1.54, 1.807) is 19.1 Å². The highest BCUT2D eigenvalue weighted by atomic mass is 16.6. The zero-order chi connectivity index (χ0) is 20.5. The van der Waals surface area contributed by atoms with Crippen molar-refractivity contribution in [3.63, 3.8) is 0 Å². The second kappa shape index (κ2) is 6.40. The quantitative estimate of drug-likeness (QED) is 0.780. The molecule has 0 heterocycles. The van der Waals surface area contributed by atoms with Gasteiger partial charge in [0.25, 0.3) is 0 Å². The van der Waals surface area contributed by atoms with E-state index >= 15 is 0 Å². The first-order valence-electron chi connectivity index (χ1n) is 9.37. The third kappa shape index (κ3) is 3.74. The monoisotopic (exact) mass is 260 g/mol. The van der Waals surface area contributed by atoms with Crippen molar-refractivity contribution in [1.29, 1.82) is 0 Å². The number of amides is 1. The van der Waals surface area contributed by atoms with Gasteiger partial charge in [0.1, 0.15) is 5.75 Å². The smallest absolute Gasteiger partial charge is 0.410 e. The third-order valence-corrected chi connectivity index (χ3v) is 2.57. The van der Waals surface area contributed by atoms with Crippen molar-refractivity contribution in [1.82, 2.24) is 9.80 Å². The Morgan fingerprint density at radius 1 is 1.56 bits per heavy atom. The van der Waals surface area contributed by atoms with E-state index < -0.39 is 32.5 Å². The molecule has 1 atom stereocenters. The van der Waals surface area contributed by atoms with Crippen molar-refractivity contribution >= 4 is 6.09 Å². The van der Waals surface area contributed by atoms with Crippen LogP contribution in [-0.4, -0.2) is 43.5 Å². The van der Waals surface area contributed by atoms with Crippen LogP contribution in [0.3, 0.4) is 0 Å².